The molecule has 2 aliphatic carbocycles. The molecule has 0 amide bonds. The first kappa shape index (κ1) is 9.79. The maximum absolute atomic E-state index is 4.87. The van der Waals surface area contributed by atoms with Crippen molar-refractivity contribution in [2.24, 2.45) is 5.92 Å². The molecule has 0 aromatic carbocycles. The Bertz CT molecular complexity index is 372. The molecule has 1 heterocycles. The van der Waals surface area contributed by atoms with Crippen LogP contribution in [0, 0.1) is 5.92 Å². The highest BCUT2D eigenvalue weighted by molar-refractivity contribution is 7.11. The summed E-state index contributed by atoms with van der Waals surface area (Å²) in [7, 11) is 2.05. The van der Waals surface area contributed by atoms with E-state index in [1.165, 1.54) is 36.4 Å². The van der Waals surface area contributed by atoms with Gasteiger partial charge < -0.3 is 5.32 Å². The van der Waals surface area contributed by atoms with E-state index in [1.54, 1.807) is 4.88 Å². The van der Waals surface area contributed by atoms with Crippen LogP contribution in [0.5, 0.6) is 0 Å². The minimum Gasteiger partial charge on any atom is -0.312 e. The largest absolute Gasteiger partial charge is 0.312 e. The van der Waals surface area contributed by atoms with Crippen molar-refractivity contribution in [3.63, 3.8) is 0 Å². The third kappa shape index (κ3) is 1.62. The molecular weight excluding hydrogens is 204 g/mol. The number of hydrogen-bond acceptors (Lipinski definition) is 3. The summed E-state index contributed by atoms with van der Waals surface area (Å²) in [6, 6.07) is 0.521. The van der Waals surface area contributed by atoms with E-state index >= 15 is 0 Å². The summed E-state index contributed by atoms with van der Waals surface area (Å²) < 4.78 is 0. The SMILES string of the molecule is CNC1CCCc2sc(C3CC3C)nc21. The van der Waals surface area contributed by atoms with E-state index in [2.05, 4.69) is 19.3 Å². The number of nitrogens with zero attached hydrogens (tertiary/aromatic N) is 1. The maximum Gasteiger partial charge on any atom is 0.0965 e. The highest BCUT2D eigenvalue weighted by Crippen LogP contribution is 2.49. The summed E-state index contributed by atoms with van der Waals surface area (Å²) in [5.74, 6) is 1.67. The van der Waals surface area contributed by atoms with Crippen molar-refractivity contribution >= 4 is 11.3 Å². The van der Waals surface area contributed by atoms with Crippen LogP contribution in [0.15, 0.2) is 0 Å². The molecule has 1 fully saturated rings. The van der Waals surface area contributed by atoms with Gasteiger partial charge in [-0.05, 0) is 38.6 Å². The molecule has 3 atom stereocenters. The molecule has 3 unspecified atom stereocenters. The van der Waals surface area contributed by atoms with E-state index in [0.29, 0.717) is 6.04 Å². The Morgan fingerprint density at radius 3 is 2.93 bits per heavy atom. The van der Waals surface area contributed by atoms with E-state index in [0.717, 1.165) is 11.8 Å². The predicted molar refractivity (Wildman–Crippen MR) is 63.4 cm³/mol. The van der Waals surface area contributed by atoms with E-state index in [-0.39, 0.29) is 0 Å². The van der Waals surface area contributed by atoms with Crippen molar-refractivity contribution in [2.75, 3.05) is 7.05 Å². The lowest BCUT2D eigenvalue weighted by Gasteiger charge is -2.19. The summed E-state index contributed by atoms with van der Waals surface area (Å²) >= 11 is 1.98. The first-order chi connectivity index (χ1) is 7.29. The summed E-state index contributed by atoms with van der Waals surface area (Å²) in [5, 5.41) is 4.80. The quantitative estimate of drug-likeness (QED) is 0.832. The Morgan fingerprint density at radius 2 is 2.27 bits per heavy atom. The van der Waals surface area contributed by atoms with Gasteiger partial charge in [0.2, 0.25) is 0 Å². The van der Waals surface area contributed by atoms with Gasteiger partial charge in [-0.1, -0.05) is 6.92 Å². The molecule has 3 rings (SSSR count). The second-order valence-corrected chi connectivity index (χ2v) is 6.03. The van der Waals surface area contributed by atoms with Gasteiger partial charge in [-0.25, -0.2) is 4.98 Å². The molecule has 0 bridgehead atoms. The number of aromatic nitrogens is 1. The standard InChI is InChI=1S/C12H18N2S/c1-7-6-8(7)12-14-11-9(13-2)4-3-5-10(11)15-12/h7-9,13H,3-6H2,1-2H3. The monoisotopic (exact) mass is 222 g/mol. The Labute approximate surface area is 95.1 Å². The van der Waals surface area contributed by atoms with Gasteiger partial charge in [-0.3, -0.25) is 0 Å². The summed E-state index contributed by atoms with van der Waals surface area (Å²) in [4.78, 5) is 6.42. The van der Waals surface area contributed by atoms with Crippen molar-refractivity contribution in [3.05, 3.63) is 15.6 Å². The molecule has 1 aromatic rings. The Hall–Kier alpha value is -0.410. The fourth-order valence-corrected chi connectivity index (χ4v) is 3.96. The zero-order chi connectivity index (χ0) is 10.4. The molecule has 15 heavy (non-hydrogen) atoms. The number of nitrogens with one attached hydrogen (secondary N) is 1. The van der Waals surface area contributed by atoms with Crippen molar-refractivity contribution in [3.8, 4) is 0 Å². The van der Waals surface area contributed by atoms with Gasteiger partial charge in [0.1, 0.15) is 0 Å². The fourth-order valence-electron chi connectivity index (χ4n) is 2.54. The van der Waals surface area contributed by atoms with Crippen LogP contribution < -0.4 is 5.32 Å². The molecule has 2 nitrogen and oxygen atoms in total. The van der Waals surface area contributed by atoms with Gasteiger partial charge in [0.15, 0.2) is 0 Å². The number of hydrogen-bond donors (Lipinski definition) is 1. The van der Waals surface area contributed by atoms with Crippen molar-refractivity contribution in [1.82, 2.24) is 10.3 Å². The topological polar surface area (TPSA) is 24.9 Å². The van der Waals surface area contributed by atoms with Gasteiger partial charge in [0.25, 0.3) is 0 Å². The van der Waals surface area contributed by atoms with Crippen LogP contribution >= 0.6 is 11.3 Å². The first-order valence-corrected chi connectivity index (χ1v) is 6.78. The molecule has 1 saturated carbocycles. The van der Waals surface area contributed by atoms with Crippen LogP contribution in [0.3, 0.4) is 0 Å². The second-order valence-electron chi connectivity index (χ2n) is 4.91. The van der Waals surface area contributed by atoms with Gasteiger partial charge in [-0.15, -0.1) is 11.3 Å². The minimum absolute atomic E-state index is 0.521. The average Bonchev–Trinajstić information content (AvgIpc) is 2.82. The summed E-state index contributed by atoms with van der Waals surface area (Å²) in [6.07, 6.45) is 5.19. The van der Waals surface area contributed by atoms with Crippen LogP contribution in [0.1, 0.15) is 53.7 Å². The number of thiazole rings is 1. The minimum atomic E-state index is 0.521. The Balaban J connectivity index is 1.91. The smallest absolute Gasteiger partial charge is 0.0965 e. The Kier molecular flexibility index (Phi) is 2.33. The fraction of sp³-hybridized carbons (Fsp3) is 0.750. The molecule has 0 saturated heterocycles. The third-order valence-corrected chi connectivity index (χ3v) is 5.01. The predicted octanol–water partition coefficient (Wildman–Crippen LogP) is 2.86. The third-order valence-electron chi connectivity index (χ3n) is 3.75. The van der Waals surface area contributed by atoms with Gasteiger partial charge in [-0.2, -0.15) is 0 Å². The van der Waals surface area contributed by atoms with Crippen molar-refractivity contribution in [2.45, 2.75) is 44.6 Å². The van der Waals surface area contributed by atoms with Crippen LogP contribution in [0.25, 0.3) is 0 Å². The highest BCUT2D eigenvalue weighted by Gasteiger charge is 2.38. The molecule has 0 spiro atoms. The lowest BCUT2D eigenvalue weighted by atomic mass is 9.98. The number of aryl methyl sites for hydroxylation is 1. The average molecular weight is 222 g/mol. The molecule has 2 aliphatic rings. The zero-order valence-corrected chi connectivity index (χ0v) is 10.2. The van der Waals surface area contributed by atoms with Gasteiger partial charge in [0, 0.05) is 10.8 Å². The van der Waals surface area contributed by atoms with E-state index in [4.69, 9.17) is 4.98 Å². The van der Waals surface area contributed by atoms with Crippen LogP contribution in [-0.2, 0) is 6.42 Å². The molecule has 0 aliphatic heterocycles. The van der Waals surface area contributed by atoms with Crippen LogP contribution in [-0.4, -0.2) is 12.0 Å². The van der Waals surface area contributed by atoms with Gasteiger partial charge >= 0.3 is 0 Å². The highest BCUT2D eigenvalue weighted by atomic mass is 32.1. The van der Waals surface area contributed by atoms with Crippen LogP contribution in [0.4, 0.5) is 0 Å². The van der Waals surface area contributed by atoms with Gasteiger partial charge in [0.05, 0.1) is 16.7 Å². The number of rotatable bonds is 2. The molecule has 1 N–H and O–H groups in total. The van der Waals surface area contributed by atoms with Crippen molar-refractivity contribution < 1.29 is 0 Å². The van der Waals surface area contributed by atoms with Crippen molar-refractivity contribution in [1.29, 1.82) is 0 Å². The molecule has 0 radical (unpaired) electrons. The summed E-state index contributed by atoms with van der Waals surface area (Å²) in [5.41, 5.74) is 1.36. The lowest BCUT2D eigenvalue weighted by Crippen LogP contribution is -2.21. The van der Waals surface area contributed by atoms with E-state index in [1.807, 2.05) is 11.3 Å². The van der Waals surface area contributed by atoms with E-state index < -0.39 is 0 Å². The van der Waals surface area contributed by atoms with E-state index in [9.17, 15) is 0 Å². The number of fused-ring (bicyclic) bond motifs is 1. The molecule has 3 heteroatoms. The molecule has 1 aromatic heterocycles. The summed E-state index contributed by atoms with van der Waals surface area (Å²) in [6.45, 7) is 2.33. The molecular formula is C12H18N2S. The molecule has 82 valence electrons. The lowest BCUT2D eigenvalue weighted by molar-refractivity contribution is 0.489. The first-order valence-electron chi connectivity index (χ1n) is 5.96. The Morgan fingerprint density at radius 1 is 1.47 bits per heavy atom. The van der Waals surface area contributed by atoms with Crippen LogP contribution in [0.2, 0.25) is 0 Å². The second kappa shape index (κ2) is 3.56. The zero-order valence-electron chi connectivity index (χ0n) is 9.42. The maximum atomic E-state index is 4.87. The normalized spacial score (nSPS) is 33.9.